The van der Waals surface area contributed by atoms with E-state index in [2.05, 4.69) is 0 Å². The zero-order chi connectivity index (χ0) is 11.7. The average Bonchev–Trinajstić information content (AvgIpc) is 2.14. The van der Waals surface area contributed by atoms with Gasteiger partial charge in [0.1, 0.15) is 11.8 Å². The average molecular weight is 225 g/mol. The summed E-state index contributed by atoms with van der Waals surface area (Å²) in [5, 5.41) is 9.00. The van der Waals surface area contributed by atoms with Crippen molar-refractivity contribution in [2.45, 2.75) is 38.1 Å². The first-order valence-electron chi connectivity index (χ1n) is 5.64. The minimum absolute atomic E-state index is 0.00458. The Morgan fingerprint density at radius 3 is 2.50 bits per heavy atom. The Kier molecular flexibility index (Phi) is 2.94. The fraction of sp³-hybridized carbons (Fsp3) is 0.727. The summed E-state index contributed by atoms with van der Waals surface area (Å²) in [5.41, 5.74) is 0. The maximum atomic E-state index is 12.0. The lowest BCUT2D eigenvalue weighted by molar-refractivity contribution is -0.157. The Bertz CT molecular complexity index is 335. The standard InChI is InChI=1S/C11H15NO4/c13-8-4-5-12(9(6-8)11(15)16)10(14)7-2-1-3-7/h7,9H,1-6H2,(H,15,16). The van der Waals surface area contributed by atoms with Crippen LogP contribution in [0.15, 0.2) is 0 Å². The number of hydrogen-bond donors (Lipinski definition) is 1. The lowest BCUT2D eigenvalue weighted by Crippen LogP contribution is -2.53. The third-order valence-electron chi connectivity index (χ3n) is 3.45. The number of amides is 1. The molecule has 1 aliphatic carbocycles. The Hall–Kier alpha value is -1.39. The molecule has 1 heterocycles. The van der Waals surface area contributed by atoms with Crippen LogP contribution in [0.3, 0.4) is 0 Å². The van der Waals surface area contributed by atoms with E-state index < -0.39 is 12.0 Å². The molecule has 1 N–H and O–H groups in total. The van der Waals surface area contributed by atoms with E-state index in [9.17, 15) is 14.4 Å². The van der Waals surface area contributed by atoms with Crippen LogP contribution in [-0.2, 0) is 14.4 Å². The quantitative estimate of drug-likeness (QED) is 0.739. The van der Waals surface area contributed by atoms with Crippen LogP contribution in [0.2, 0.25) is 0 Å². The second-order valence-electron chi connectivity index (χ2n) is 4.51. The summed E-state index contributed by atoms with van der Waals surface area (Å²) in [6.07, 6.45) is 3.02. The van der Waals surface area contributed by atoms with Gasteiger partial charge >= 0.3 is 5.97 Å². The molecule has 1 saturated carbocycles. The van der Waals surface area contributed by atoms with E-state index in [1.165, 1.54) is 4.90 Å². The number of nitrogens with zero attached hydrogens (tertiary/aromatic N) is 1. The largest absolute Gasteiger partial charge is 0.480 e. The van der Waals surface area contributed by atoms with Gasteiger partial charge in [0.25, 0.3) is 0 Å². The molecule has 88 valence electrons. The van der Waals surface area contributed by atoms with Crippen molar-refractivity contribution in [2.24, 2.45) is 5.92 Å². The van der Waals surface area contributed by atoms with Crippen LogP contribution >= 0.6 is 0 Å². The van der Waals surface area contributed by atoms with Crippen molar-refractivity contribution < 1.29 is 19.5 Å². The molecule has 2 rings (SSSR count). The predicted molar refractivity (Wildman–Crippen MR) is 54.7 cm³/mol. The monoisotopic (exact) mass is 225 g/mol. The van der Waals surface area contributed by atoms with E-state index in [4.69, 9.17) is 5.11 Å². The third-order valence-corrected chi connectivity index (χ3v) is 3.45. The number of piperidine rings is 1. The van der Waals surface area contributed by atoms with Crippen molar-refractivity contribution in [1.82, 2.24) is 4.90 Å². The van der Waals surface area contributed by atoms with Crippen molar-refractivity contribution in [1.29, 1.82) is 0 Å². The van der Waals surface area contributed by atoms with Crippen LogP contribution in [0.5, 0.6) is 0 Å². The highest BCUT2D eigenvalue weighted by molar-refractivity contribution is 5.92. The van der Waals surface area contributed by atoms with E-state index in [0.29, 0.717) is 6.42 Å². The molecule has 16 heavy (non-hydrogen) atoms. The van der Waals surface area contributed by atoms with Gasteiger partial charge in [-0.3, -0.25) is 9.59 Å². The molecular formula is C11H15NO4. The van der Waals surface area contributed by atoms with Gasteiger partial charge in [0.15, 0.2) is 0 Å². The maximum absolute atomic E-state index is 12.0. The zero-order valence-electron chi connectivity index (χ0n) is 9.02. The number of aliphatic carboxylic acids is 1. The lowest BCUT2D eigenvalue weighted by Gasteiger charge is -2.37. The van der Waals surface area contributed by atoms with Crippen LogP contribution in [0.1, 0.15) is 32.1 Å². The van der Waals surface area contributed by atoms with Gasteiger partial charge < -0.3 is 10.0 Å². The molecular weight excluding hydrogens is 210 g/mol. The van der Waals surface area contributed by atoms with Crippen molar-refractivity contribution in [3.63, 3.8) is 0 Å². The molecule has 0 aromatic rings. The Morgan fingerprint density at radius 2 is 2.00 bits per heavy atom. The summed E-state index contributed by atoms with van der Waals surface area (Å²) < 4.78 is 0. The van der Waals surface area contributed by atoms with Gasteiger partial charge in [0.05, 0.1) is 0 Å². The summed E-state index contributed by atoms with van der Waals surface area (Å²) in [6, 6.07) is -0.936. The minimum atomic E-state index is -1.07. The minimum Gasteiger partial charge on any atom is -0.480 e. The van der Waals surface area contributed by atoms with E-state index in [-0.39, 0.29) is 30.6 Å². The molecule has 2 aliphatic rings. The molecule has 1 atom stereocenters. The third kappa shape index (κ3) is 1.94. The predicted octanol–water partition coefficient (Wildman–Crippen LogP) is 0.431. The number of Topliss-reactive ketones (excluding diaryl/α,β-unsaturated/α-hetero) is 1. The summed E-state index contributed by atoms with van der Waals surface area (Å²) in [7, 11) is 0. The fourth-order valence-electron chi connectivity index (χ4n) is 2.20. The van der Waals surface area contributed by atoms with E-state index in [1.54, 1.807) is 0 Å². The van der Waals surface area contributed by atoms with Crippen molar-refractivity contribution >= 4 is 17.7 Å². The molecule has 0 bridgehead atoms. The first kappa shape index (κ1) is 11.1. The lowest BCUT2D eigenvalue weighted by atomic mass is 9.83. The molecule has 1 unspecified atom stereocenters. The molecule has 5 nitrogen and oxygen atoms in total. The van der Waals surface area contributed by atoms with E-state index in [1.807, 2.05) is 0 Å². The molecule has 1 amide bonds. The van der Waals surface area contributed by atoms with Crippen molar-refractivity contribution in [3.05, 3.63) is 0 Å². The molecule has 1 aliphatic heterocycles. The van der Waals surface area contributed by atoms with Crippen LogP contribution in [0.4, 0.5) is 0 Å². The number of carboxylic acids is 1. The summed E-state index contributed by atoms with van der Waals surface area (Å²) in [6.45, 7) is 0.269. The second-order valence-corrected chi connectivity index (χ2v) is 4.51. The number of ketones is 1. The Balaban J connectivity index is 2.08. The van der Waals surface area contributed by atoms with Gasteiger partial charge in [-0.05, 0) is 12.8 Å². The van der Waals surface area contributed by atoms with E-state index >= 15 is 0 Å². The van der Waals surface area contributed by atoms with Crippen LogP contribution in [0, 0.1) is 5.92 Å². The SMILES string of the molecule is O=C1CCN(C(=O)C2CCC2)C(C(=O)O)C1. The second kappa shape index (κ2) is 4.23. The van der Waals surface area contributed by atoms with Gasteiger partial charge in [-0.1, -0.05) is 6.42 Å². The summed E-state index contributed by atoms with van der Waals surface area (Å²) in [5.74, 6) is -1.22. The molecule has 0 aromatic carbocycles. The maximum Gasteiger partial charge on any atom is 0.326 e. The van der Waals surface area contributed by atoms with Crippen molar-refractivity contribution in [2.75, 3.05) is 6.54 Å². The Morgan fingerprint density at radius 1 is 1.31 bits per heavy atom. The molecule has 0 aromatic heterocycles. The Labute approximate surface area is 93.4 Å². The topological polar surface area (TPSA) is 74.7 Å². The number of carbonyl (C=O) groups is 3. The molecule has 1 saturated heterocycles. The van der Waals surface area contributed by atoms with Gasteiger partial charge in [-0.2, -0.15) is 0 Å². The molecule has 5 heteroatoms. The highest BCUT2D eigenvalue weighted by Gasteiger charge is 2.39. The zero-order valence-corrected chi connectivity index (χ0v) is 9.02. The molecule has 2 fully saturated rings. The number of likely N-dealkylation sites (tertiary alicyclic amines) is 1. The first-order chi connectivity index (χ1) is 7.59. The highest BCUT2D eigenvalue weighted by atomic mass is 16.4. The number of carboxylic acid groups (broad SMARTS) is 1. The van der Waals surface area contributed by atoms with E-state index in [0.717, 1.165) is 19.3 Å². The number of carbonyl (C=O) groups excluding carboxylic acids is 2. The normalized spacial score (nSPS) is 26.4. The fourth-order valence-corrected chi connectivity index (χ4v) is 2.20. The van der Waals surface area contributed by atoms with Gasteiger partial charge in [-0.15, -0.1) is 0 Å². The number of hydrogen-bond acceptors (Lipinski definition) is 3. The number of rotatable bonds is 2. The van der Waals surface area contributed by atoms with Crippen LogP contribution in [0.25, 0.3) is 0 Å². The summed E-state index contributed by atoms with van der Waals surface area (Å²) in [4.78, 5) is 35.5. The smallest absolute Gasteiger partial charge is 0.326 e. The van der Waals surface area contributed by atoms with Gasteiger partial charge in [0, 0.05) is 25.3 Å². The summed E-state index contributed by atoms with van der Waals surface area (Å²) >= 11 is 0. The van der Waals surface area contributed by atoms with Crippen LogP contribution in [-0.4, -0.2) is 40.3 Å². The highest BCUT2D eigenvalue weighted by Crippen LogP contribution is 2.30. The molecule has 0 radical (unpaired) electrons. The first-order valence-corrected chi connectivity index (χ1v) is 5.64. The van der Waals surface area contributed by atoms with Gasteiger partial charge in [-0.25, -0.2) is 4.79 Å². The molecule has 0 spiro atoms. The van der Waals surface area contributed by atoms with Gasteiger partial charge in [0.2, 0.25) is 5.91 Å². The van der Waals surface area contributed by atoms with Crippen LogP contribution < -0.4 is 0 Å². The van der Waals surface area contributed by atoms with Crippen molar-refractivity contribution in [3.8, 4) is 0 Å².